The maximum atomic E-state index is 9.07. The molecule has 80 valence electrons. The summed E-state index contributed by atoms with van der Waals surface area (Å²) < 4.78 is 7.08. The van der Waals surface area contributed by atoms with E-state index in [1.165, 1.54) is 0 Å². The van der Waals surface area contributed by atoms with Gasteiger partial charge in [-0.15, -0.1) is 10.2 Å². The zero-order valence-electron chi connectivity index (χ0n) is 9.06. The van der Waals surface area contributed by atoms with Crippen molar-refractivity contribution in [2.75, 3.05) is 7.11 Å². The molecule has 0 amide bonds. The predicted octanol–water partition coefficient (Wildman–Crippen LogP) is 1.06. The summed E-state index contributed by atoms with van der Waals surface area (Å²) >= 11 is 0. The highest BCUT2D eigenvalue weighted by atomic mass is 16.5. The maximum absolute atomic E-state index is 9.07. The van der Waals surface area contributed by atoms with Gasteiger partial charge in [0, 0.05) is 13.2 Å². The lowest BCUT2D eigenvalue weighted by Gasteiger charge is -2.16. The average Bonchev–Trinajstić information content (AvgIpc) is 2.59. The number of methoxy groups -OCH3 is 1. The van der Waals surface area contributed by atoms with Crippen LogP contribution >= 0.6 is 0 Å². The van der Waals surface area contributed by atoms with Crippen molar-refractivity contribution >= 4 is 0 Å². The molecular formula is C9H17N3O2. The molecule has 1 aromatic rings. The quantitative estimate of drug-likeness (QED) is 0.787. The minimum Gasteiger partial charge on any atom is -0.388 e. The van der Waals surface area contributed by atoms with Gasteiger partial charge in [-0.2, -0.15) is 0 Å². The van der Waals surface area contributed by atoms with Crippen molar-refractivity contribution in [1.82, 2.24) is 14.8 Å². The number of hydrogen-bond donors (Lipinski definition) is 1. The fraction of sp³-hybridized carbons (Fsp3) is 0.778. The van der Waals surface area contributed by atoms with Gasteiger partial charge >= 0.3 is 0 Å². The molecule has 0 saturated carbocycles. The van der Waals surface area contributed by atoms with Crippen LogP contribution in [0.1, 0.15) is 44.6 Å². The van der Waals surface area contributed by atoms with Crippen LogP contribution in [0.5, 0.6) is 0 Å². The molecule has 14 heavy (non-hydrogen) atoms. The minimum atomic E-state index is -0.106. The third-order valence-corrected chi connectivity index (χ3v) is 2.17. The van der Waals surface area contributed by atoms with E-state index in [9.17, 15) is 0 Å². The Hall–Kier alpha value is -0.940. The van der Waals surface area contributed by atoms with Gasteiger partial charge in [-0.1, -0.05) is 0 Å². The third kappa shape index (κ3) is 1.93. The Kier molecular flexibility index (Phi) is 3.60. The molecule has 5 heteroatoms. The van der Waals surface area contributed by atoms with Crippen LogP contribution in [0.3, 0.4) is 0 Å². The lowest BCUT2D eigenvalue weighted by atomic mass is 10.3. The van der Waals surface area contributed by atoms with Crippen molar-refractivity contribution in [1.29, 1.82) is 0 Å². The first-order valence-corrected chi connectivity index (χ1v) is 4.69. The molecule has 0 bridgehead atoms. The van der Waals surface area contributed by atoms with Gasteiger partial charge in [0.25, 0.3) is 0 Å². The Morgan fingerprint density at radius 3 is 2.43 bits per heavy atom. The highest BCUT2D eigenvalue weighted by Crippen LogP contribution is 2.19. The van der Waals surface area contributed by atoms with Crippen molar-refractivity contribution in [3.05, 3.63) is 11.6 Å². The highest BCUT2D eigenvalue weighted by molar-refractivity contribution is 4.99. The summed E-state index contributed by atoms with van der Waals surface area (Å²) in [6.07, 6.45) is -0.106. The molecule has 0 aliphatic rings. The van der Waals surface area contributed by atoms with E-state index in [-0.39, 0.29) is 18.8 Å². The van der Waals surface area contributed by atoms with Gasteiger partial charge in [0.2, 0.25) is 0 Å². The molecule has 0 fully saturated rings. The number of aromatic nitrogens is 3. The van der Waals surface area contributed by atoms with Crippen LogP contribution in [0.2, 0.25) is 0 Å². The molecule has 0 radical (unpaired) electrons. The van der Waals surface area contributed by atoms with Crippen LogP contribution in [0.25, 0.3) is 0 Å². The molecule has 1 heterocycles. The van der Waals surface area contributed by atoms with Crippen molar-refractivity contribution in [3.8, 4) is 0 Å². The summed E-state index contributed by atoms with van der Waals surface area (Å²) in [5, 5.41) is 17.0. The Morgan fingerprint density at radius 2 is 2.00 bits per heavy atom. The number of nitrogens with zero attached hydrogens (tertiary/aromatic N) is 3. The van der Waals surface area contributed by atoms with Crippen LogP contribution in [-0.4, -0.2) is 27.0 Å². The summed E-state index contributed by atoms with van der Waals surface area (Å²) in [7, 11) is 1.63. The predicted molar refractivity (Wildman–Crippen MR) is 51.8 cm³/mol. The second-order valence-corrected chi connectivity index (χ2v) is 3.47. The van der Waals surface area contributed by atoms with E-state index in [1.807, 2.05) is 25.3 Å². The Labute approximate surface area is 83.7 Å². The Morgan fingerprint density at radius 1 is 1.36 bits per heavy atom. The summed E-state index contributed by atoms with van der Waals surface area (Å²) in [4.78, 5) is 0. The molecule has 0 saturated heterocycles. The van der Waals surface area contributed by atoms with E-state index < -0.39 is 0 Å². The van der Waals surface area contributed by atoms with Crippen molar-refractivity contribution in [2.24, 2.45) is 0 Å². The largest absolute Gasteiger partial charge is 0.388 e. The normalized spacial score (nSPS) is 13.6. The monoisotopic (exact) mass is 199 g/mol. The third-order valence-electron chi connectivity index (χ3n) is 2.17. The smallest absolute Gasteiger partial charge is 0.162 e. The molecule has 1 rings (SSSR count). The summed E-state index contributed by atoms with van der Waals surface area (Å²) in [6.45, 7) is 5.86. The van der Waals surface area contributed by atoms with E-state index >= 15 is 0 Å². The average molecular weight is 199 g/mol. The zero-order chi connectivity index (χ0) is 10.7. The van der Waals surface area contributed by atoms with Crippen molar-refractivity contribution in [2.45, 2.75) is 39.5 Å². The number of ether oxygens (including phenoxy) is 1. The van der Waals surface area contributed by atoms with Gasteiger partial charge < -0.3 is 14.4 Å². The number of aliphatic hydroxyl groups excluding tert-OH is 1. The van der Waals surface area contributed by atoms with Crippen LogP contribution in [-0.2, 0) is 11.3 Å². The summed E-state index contributed by atoms with van der Waals surface area (Å²) in [6, 6.07) is 0.222. The van der Waals surface area contributed by atoms with Crippen molar-refractivity contribution in [3.63, 3.8) is 0 Å². The fourth-order valence-corrected chi connectivity index (χ4v) is 1.39. The highest BCUT2D eigenvalue weighted by Gasteiger charge is 2.18. The lowest BCUT2D eigenvalue weighted by Crippen LogP contribution is -2.13. The Bertz CT molecular complexity index is 296. The molecule has 5 nitrogen and oxygen atoms in total. The molecule has 0 aliphatic heterocycles. The zero-order valence-corrected chi connectivity index (χ0v) is 9.06. The molecular weight excluding hydrogens is 182 g/mol. The van der Waals surface area contributed by atoms with Gasteiger partial charge in [-0.05, 0) is 20.8 Å². The molecule has 0 aliphatic carbocycles. The molecule has 1 N–H and O–H groups in total. The van der Waals surface area contributed by atoms with E-state index in [0.29, 0.717) is 5.82 Å². The van der Waals surface area contributed by atoms with Gasteiger partial charge in [-0.25, -0.2) is 0 Å². The van der Waals surface area contributed by atoms with E-state index in [2.05, 4.69) is 10.2 Å². The van der Waals surface area contributed by atoms with E-state index in [1.54, 1.807) is 7.11 Å². The first-order chi connectivity index (χ1) is 6.61. The van der Waals surface area contributed by atoms with E-state index in [0.717, 1.165) is 5.82 Å². The van der Waals surface area contributed by atoms with Crippen molar-refractivity contribution < 1.29 is 9.84 Å². The first kappa shape index (κ1) is 11.1. The SMILES string of the molecule is COC(C)c1nnc(CO)n1C(C)C. The van der Waals surface area contributed by atoms with Gasteiger partial charge in [0.05, 0.1) is 0 Å². The Balaban J connectivity index is 3.10. The second-order valence-electron chi connectivity index (χ2n) is 3.47. The van der Waals surface area contributed by atoms with E-state index in [4.69, 9.17) is 9.84 Å². The molecule has 1 aromatic heterocycles. The van der Waals surface area contributed by atoms with Gasteiger partial charge in [-0.3, -0.25) is 0 Å². The summed E-state index contributed by atoms with van der Waals surface area (Å²) in [5.74, 6) is 1.34. The van der Waals surface area contributed by atoms with Crippen LogP contribution in [0.15, 0.2) is 0 Å². The topological polar surface area (TPSA) is 60.2 Å². The van der Waals surface area contributed by atoms with Gasteiger partial charge in [0.1, 0.15) is 12.7 Å². The maximum Gasteiger partial charge on any atom is 0.162 e. The number of aliphatic hydroxyl groups is 1. The van der Waals surface area contributed by atoms with Gasteiger partial charge in [0.15, 0.2) is 11.6 Å². The summed E-state index contributed by atoms with van der Waals surface area (Å²) in [5.41, 5.74) is 0. The minimum absolute atomic E-state index is 0.0956. The fourth-order valence-electron chi connectivity index (χ4n) is 1.39. The molecule has 1 atom stereocenters. The standard InChI is InChI=1S/C9H17N3O2/c1-6(2)12-8(5-13)10-11-9(12)7(3)14-4/h6-7,13H,5H2,1-4H3. The molecule has 0 spiro atoms. The lowest BCUT2D eigenvalue weighted by molar-refractivity contribution is 0.106. The van der Waals surface area contributed by atoms with Crippen LogP contribution in [0.4, 0.5) is 0 Å². The van der Waals surface area contributed by atoms with Crippen LogP contribution in [0, 0.1) is 0 Å². The number of rotatable bonds is 4. The molecule has 1 unspecified atom stereocenters. The second kappa shape index (κ2) is 4.52. The first-order valence-electron chi connectivity index (χ1n) is 4.69. The van der Waals surface area contributed by atoms with Crippen LogP contribution < -0.4 is 0 Å². The number of hydrogen-bond acceptors (Lipinski definition) is 4. The molecule has 0 aromatic carbocycles.